The molecule has 286 valence electrons. The van der Waals surface area contributed by atoms with Gasteiger partial charge in [0, 0.05) is 33.1 Å². The molecule has 0 radical (unpaired) electrons. The van der Waals surface area contributed by atoms with E-state index >= 15 is 4.79 Å². The second-order valence-electron chi connectivity index (χ2n) is 14.0. The summed E-state index contributed by atoms with van der Waals surface area (Å²) in [5.74, 6) is -6.97. The van der Waals surface area contributed by atoms with Crippen molar-refractivity contribution in [3.8, 4) is 17.2 Å². The predicted octanol–water partition coefficient (Wildman–Crippen LogP) is 7.58. The summed E-state index contributed by atoms with van der Waals surface area (Å²) >= 11 is 16.2. The van der Waals surface area contributed by atoms with Crippen molar-refractivity contribution in [2.45, 2.75) is 24.2 Å². The number of aromatic hydroxyl groups is 1. The summed E-state index contributed by atoms with van der Waals surface area (Å²) in [5.41, 5.74) is 2.44. The summed E-state index contributed by atoms with van der Waals surface area (Å²) in [6.07, 6.45) is 1.87. The molecule has 4 aromatic rings. The maximum atomic E-state index is 15.5. The Morgan fingerprint density at radius 3 is 2.36 bits per heavy atom. The van der Waals surface area contributed by atoms with Crippen LogP contribution in [0.5, 0.6) is 17.2 Å². The number of imide groups is 2. The van der Waals surface area contributed by atoms with Gasteiger partial charge < -0.3 is 14.6 Å². The number of rotatable bonds is 8. The van der Waals surface area contributed by atoms with Crippen LogP contribution >= 0.6 is 39.1 Å². The fourth-order valence-corrected chi connectivity index (χ4v) is 10.1. The highest BCUT2D eigenvalue weighted by molar-refractivity contribution is 9.10. The normalized spacial score (nSPS) is 25.4. The number of carbonyl (C=O) groups excluding carboxylic acids is 4. The number of nitro benzene ring substituents is 1. The molecular weight excluding hydrogens is 831 g/mol. The summed E-state index contributed by atoms with van der Waals surface area (Å²) < 4.78 is 11.5. The Labute approximate surface area is 338 Å². The number of nitrogens with one attached hydrogen (secondary N) is 1. The molecule has 2 aliphatic heterocycles. The Hall–Kier alpha value is -5.44. The zero-order valence-electron chi connectivity index (χ0n) is 29.6. The zero-order valence-corrected chi connectivity index (χ0v) is 32.7. The van der Waals surface area contributed by atoms with Crippen molar-refractivity contribution < 1.29 is 38.7 Å². The average molecular weight is 863 g/mol. The minimum Gasteiger partial charge on any atom is -0.504 e. The fraction of sp³-hybridized carbons (Fsp3) is 0.250. The Morgan fingerprint density at radius 2 is 1.68 bits per heavy atom. The zero-order chi connectivity index (χ0) is 39.8. The van der Waals surface area contributed by atoms with Crippen molar-refractivity contribution in [1.29, 1.82) is 0 Å². The third-order valence-electron chi connectivity index (χ3n) is 11.5. The number of hydrogen-bond donors (Lipinski definition) is 2. The summed E-state index contributed by atoms with van der Waals surface area (Å²) in [7, 11) is 2.89. The fourth-order valence-electron chi connectivity index (χ4n) is 9.16. The van der Waals surface area contributed by atoms with E-state index in [1.54, 1.807) is 42.5 Å². The van der Waals surface area contributed by atoms with E-state index in [4.69, 9.17) is 32.7 Å². The molecule has 4 amide bonds. The van der Waals surface area contributed by atoms with Crippen molar-refractivity contribution in [2.75, 3.05) is 24.5 Å². The quantitative estimate of drug-likeness (QED) is 0.0780. The van der Waals surface area contributed by atoms with Crippen LogP contribution in [-0.2, 0) is 24.6 Å². The first-order valence-corrected chi connectivity index (χ1v) is 19.0. The number of hydrogen-bond acceptors (Lipinski definition) is 10. The molecule has 4 aromatic carbocycles. The van der Waals surface area contributed by atoms with Gasteiger partial charge in [0.2, 0.25) is 11.8 Å². The Bertz CT molecular complexity index is 2410. The minimum atomic E-state index is -1.74. The van der Waals surface area contributed by atoms with Crippen LogP contribution in [0.4, 0.5) is 17.1 Å². The number of benzene rings is 4. The Kier molecular flexibility index (Phi) is 9.33. The van der Waals surface area contributed by atoms with Crippen molar-refractivity contribution in [2.24, 2.45) is 23.7 Å². The first-order valence-electron chi connectivity index (χ1n) is 17.4. The molecule has 6 atom stereocenters. The number of nitrogens with zero attached hydrogens (tertiary/aromatic N) is 3. The third-order valence-corrected chi connectivity index (χ3v) is 12.5. The van der Waals surface area contributed by atoms with E-state index < -0.39 is 63.6 Å². The van der Waals surface area contributed by atoms with Crippen LogP contribution in [-0.4, -0.2) is 52.9 Å². The van der Waals surface area contributed by atoms with Crippen LogP contribution in [0.25, 0.3) is 0 Å². The lowest BCUT2D eigenvalue weighted by molar-refractivity contribution is -0.384. The van der Waals surface area contributed by atoms with Crippen molar-refractivity contribution >= 4 is 79.8 Å². The van der Waals surface area contributed by atoms with E-state index in [-0.39, 0.29) is 52.0 Å². The molecule has 0 spiro atoms. The number of carbonyl (C=O) groups is 4. The van der Waals surface area contributed by atoms with Gasteiger partial charge in [-0.2, -0.15) is 5.01 Å². The van der Waals surface area contributed by atoms with Crippen molar-refractivity contribution in [1.82, 2.24) is 5.01 Å². The van der Waals surface area contributed by atoms with Crippen LogP contribution in [0, 0.1) is 33.8 Å². The summed E-state index contributed by atoms with van der Waals surface area (Å²) in [4.78, 5) is 71.2. The molecule has 3 fully saturated rings. The highest BCUT2D eigenvalue weighted by Crippen LogP contribution is 2.65. The standard InChI is InChI=1S/C40H31BrCl2N4O9/c1-55-24-9-6-19(7-10-24)40-29(37(50)46(39(40)52)44-31-13-8-21(42)16-30(31)43)18-27-25(34(40)28-14-20(41)15-32(56-2)35(28)48)11-12-26-33(27)38(51)45(36(26)49)22-4-3-5-23(17-22)47(53)54/h3-11,13-17,26-27,29,33-34,44,48H,12,18H2,1-2H3. The van der Waals surface area contributed by atoms with E-state index in [2.05, 4.69) is 21.4 Å². The molecule has 0 bridgehead atoms. The maximum Gasteiger partial charge on any atom is 0.271 e. The van der Waals surface area contributed by atoms with E-state index in [9.17, 15) is 29.6 Å². The number of fused-ring (bicyclic) bond motifs is 4. The molecule has 13 nitrogen and oxygen atoms in total. The van der Waals surface area contributed by atoms with Gasteiger partial charge in [0.25, 0.3) is 17.5 Å². The molecule has 2 aliphatic carbocycles. The third kappa shape index (κ3) is 5.56. The number of phenols is 1. The molecule has 16 heteroatoms. The maximum absolute atomic E-state index is 15.5. The van der Waals surface area contributed by atoms with Gasteiger partial charge in [-0.1, -0.05) is 69.0 Å². The van der Waals surface area contributed by atoms with Gasteiger partial charge in [-0.05, 0) is 72.9 Å². The number of nitro groups is 1. The average Bonchev–Trinajstić information content (AvgIpc) is 3.57. The van der Waals surface area contributed by atoms with E-state index in [0.717, 1.165) is 9.91 Å². The van der Waals surface area contributed by atoms with Crippen molar-refractivity contribution in [3.05, 3.63) is 126 Å². The van der Waals surface area contributed by atoms with Crippen LogP contribution in [0.3, 0.4) is 0 Å². The SMILES string of the molecule is COc1ccc(C23C(=O)N(Nc4ccc(Cl)cc4Cl)C(=O)C2CC2C(=CCC4C(=O)N(c5cccc([N+](=O)[O-])c5)C(=O)C42)C3c2cc(Br)cc(OC)c2O)cc1. The second kappa shape index (κ2) is 13.9. The number of non-ortho nitro benzene ring substituents is 1. The lowest BCUT2D eigenvalue weighted by Crippen LogP contribution is -2.53. The lowest BCUT2D eigenvalue weighted by Gasteiger charge is -2.50. The Balaban J connectivity index is 1.35. The van der Waals surface area contributed by atoms with Gasteiger partial charge in [0.15, 0.2) is 11.5 Å². The Morgan fingerprint density at radius 1 is 0.929 bits per heavy atom. The minimum absolute atomic E-state index is 0.0413. The van der Waals surface area contributed by atoms with Crippen LogP contribution in [0.1, 0.15) is 29.9 Å². The molecule has 56 heavy (non-hydrogen) atoms. The van der Waals surface area contributed by atoms with Crippen LogP contribution in [0.2, 0.25) is 10.0 Å². The number of allylic oxidation sites excluding steroid dienone is 2. The number of phenolic OH excluding ortho intramolecular Hbond substituents is 1. The number of amides is 4. The molecule has 2 heterocycles. The van der Waals surface area contributed by atoms with E-state index in [0.29, 0.717) is 26.4 Å². The number of ether oxygens (including phenoxy) is 2. The highest BCUT2D eigenvalue weighted by Gasteiger charge is 2.71. The molecule has 4 aliphatic rings. The molecule has 6 unspecified atom stereocenters. The number of halogens is 3. The molecular formula is C40H31BrCl2N4O9. The summed E-state index contributed by atoms with van der Waals surface area (Å²) in [5, 5.41) is 25.0. The molecule has 2 N–H and O–H groups in total. The first kappa shape index (κ1) is 37.5. The molecule has 8 rings (SSSR count). The lowest BCUT2D eigenvalue weighted by atomic mass is 9.49. The smallest absolute Gasteiger partial charge is 0.271 e. The number of methoxy groups -OCH3 is 2. The largest absolute Gasteiger partial charge is 0.504 e. The number of anilines is 2. The van der Waals surface area contributed by atoms with Crippen LogP contribution < -0.4 is 19.8 Å². The molecule has 2 saturated heterocycles. The topological polar surface area (TPSA) is 169 Å². The summed E-state index contributed by atoms with van der Waals surface area (Å²) in [6.45, 7) is 0. The predicted molar refractivity (Wildman–Crippen MR) is 209 cm³/mol. The van der Waals surface area contributed by atoms with Gasteiger partial charge in [0.05, 0.1) is 58.7 Å². The summed E-state index contributed by atoms with van der Waals surface area (Å²) in [6, 6.07) is 19.8. The molecule has 0 aromatic heterocycles. The van der Waals surface area contributed by atoms with E-state index in [1.165, 1.54) is 50.6 Å². The van der Waals surface area contributed by atoms with Gasteiger partial charge in [-0.15, -0.1) is 0 Å². The van der Waals surface area contributed by atoms with Gasteiger partial charge in [-0.3, -0.25) is 34.7 Å². The monoisotopic (exact) mass is 860 g/mol. The first-order chi connectivity index (χ1) is 26.8. The molecule has 1 saturated carbocycles. The van der Waals surface area contributed by atoms with Gasteiger partial charge in [0.1, 0.15) is 5.75 Å². The van der Waals surface area contributed by atoms with E-state index in [1.807, 2.05) is 6.08 Å². The highest BCUT2D eigenvalue weighted by atomic mass is 79.9. The van der Waals surface area contributed by atoms with Gasteiger partial charge >= 0.3 is 0 Å². The second-order valence-corrected chi connectivity index (χ2v) is 15.8. The van der Waals surface area contributed by atoms with Gasteiger partial charge in [-0.25, -0.2) is 4.90 Å². The van der Waals surface area contributed by atoms with Crippen molar-refractivity contribution in [3.63, 3.8) is 0 Å². The van der Waals surface area contributed by atoms with Crippen LogP contribution in [0.15, 0.2) is 95.0 Å². The number of hydrazine groups is 1.